The van der Waals surface area contributed by atoms with Crippen LogP contribution in [0, 0.1) is 26.6 Å². The summed E-state index contributed by atoms with van der Waals surface area (Å²) in [5.74, 6) is 0.356. The molecule has 0 aliphatic rings. The zero-order valence-corrected chi connectivity index (χ0v) is 14.6. The van der Waals surface area contributed by atoms with Crippen molar-refractivity contribution in [3.8, 4) is 0 Å². The highest BCUT2D eigenvalue weighted by molar-refractivity contribution is 7.20. The number of benzene rings is 1. The highest BCUT2D eigenvalue weighted by Gasteiger charge is 2.18. The van der Waals surface area contributed by atoms with Crippen molar-refractivity contribution in [1.82, 2.24) is 15.3 Å². The van der Waals surface area contributed by atoms with Gasteiger partial charge in [0, 0.05) is 17.6 Å². The Kier molecular flexibility index (Phi) is 4.57. The fraction of sp³-hybridized carbons (Fsp3) is 0.278. The van der Waals surface area contributed by atoms with Crippen molar-refractivity contribution in [2.75, 3.05) is 6.54 Å². The van der Waals surface area contributed by atoms with E-state index in [2.05, 4.69) is 15.3 Å². The van der Waals surface area contributed by atoms with Crippen molar-refractivity contribution < 1.29 is 9.18 Å². The number of nitrogens with one attached hydrogen (secondary N) is 1. The monoisotopic (exact) mass is 343 g/mol. The van der Waals surface area contributed by atoms with Gasteiger partial charge in [-0.25, -0.2) is 14.4 Å². The number of aromatic nitrogens is 2. The Labute approximate surface area is 143 Å². The second-order valence-corrected chi connectivity index (χ2v) is 6.72. The Balaban J connectivity index is 1.73. The lowest BCUT2D eigenvalue weighted by Crippen LogP contribution is -2.25. The van der Waals surface area contributed by atoms with Gasteiger partial charge < -0.3 is 5.32 Å². The topological polar surface area (TPSA) is 54.9 Å². The summed E-state index contributed by atoms with van der Waals surface area (Å²) >= 11 is 1.40. The minimum absolute atomic E-state index is 0.102. The maximum absolute atomic E-state index is 12.9. The molecule has 3 aromatic rings. The van der Waals surface area contributed by atoms with E-state index in [-0.39, 0.29) is 11.7 Å². The van der Waals surface area contributed by atoms with Crippen LogP contribution in [-0.2, 0) is 6.42 Å². The molecule has 1 amide bonds. The van der Waals surface area contributed by atoms with E-state index in [1.165, 1.54) is 23.5 Å². The molecule has 0 aliphatic carbocycles. The largest absolute Gasteiger partial charge is 0.351 e. The van der Waals surface area contributed by atoms with E-state index in [0.717, 1.165) is 27.0 Å². The van der Waals surface area contributed by atoms with Crippen molar-refractivity contribution in [2.24, 2.45) is 0 Å². The van der Waals surface area contributed by atoms with Gasteiger partial charge in [-0.1, -0.05) is 12.1 Å². The van der Waals surface area contributed by atoms with Crippen LogP contribution in [0.25, 0.3) is 10.2 Å². The predicted octanol–water partition coefficient (Wildman–Crippen LogP) is 3.73. The molecule has 0 saturated carbocycles. The molecule has 6 heteroatoms. The summed E-state index contributed by atoms with van der Waals surface area (Å²) in [5.41, 5.74) is 2.81. The normalized spacial score (nSPS) is 11.0. The maximum atomic E-state index is 12.9. The number of carbonyl (C=O) groups excluding carboxylic acids is 1. The fourth-order valence-electron chi connectivity index (χ4n) is 2.74. The molecule has 24 heavy (non-hydrogen) atoms. The third-order valence-corrected chi connectivity index (χ3v) is 5.09. The summed E-state index contributed by atoms with van der Waals surface area (Å²) in [4.78, 5) is 22.8. The molecule has 0 radical (unpaired) electrons. The highest BCUT2D eigenvalue weighted by Crippen LogP contribution is 2.31. The number of thiophene rings is 1. The Morgan fingerprint density at radius 2 is 1.88 bits per heavy atom. The second kappa shape index (κ2) is 6.65. The van der Waals surface area contributed by atoms with E-state index in [1.54, 1.807) is 12.1 Å². The van der Waals surface area contributed by atoms with Crippen LogP contribution in [0.5, 0.6) is 0 Å². The first-order valence-electron chi connectivity index (χ1n) is 7.72. The number of aryl methyl sites for hydroxylation is 3. The molecule has 1 N–H and O–H groups in total. The van der Waals surface area contributed by atoms with Crippen LogP contribution in [0.4, 0.5) is 4.39 Å². The number of halogens is 1. The van der Waals surface area contributed by atoms with Crippen LogP contribution in [0.1, 0.15) is 32.3 Å². The molecule has 0 aliphatic heterocycles. The van der Waals surface area contributed by atoms with E-state index in [0.29, 0.717) is 23.7 Å². The van der Waals surface area contributed by atoms with E-state index >= 15 is 0 Å². The number of amides is 1. The van der Waals surface area contributed by atoms with Gasteiger partial charge in [0.2, 0.25) is 0 Å². The number of rotatable bonds is 4. The SMILES string of the molecule is Cc1nc(C)c2c(C)c(C(=O)NCCc3ccc(F)cc3)sc2n1. The van der Waals surface area contributed by atoms with Gasteiger partial charge in [-0.3, -0.25) is 4.79 Å². The second-order valence-electron chi connectivity index (χ2n) is 5.72. The lowest BCUT2D eigenvalue weighted by atomic mass is 10.1. The van der Waals surface area contributed by atoms with Gasteiger partial charge in [0.15, 0.2) is 0 Å². The lowest BCUT2D eigenvalue weighted by molar-refractivity contribution is 0.0957. The summed E-state index contributed by atoms with van der Waals surface area (Å²) < 4.78 is 12.9. The Morgan fingerprint density at radius 1 is 1.17 bits per heavy atom. The molecule has 0 unspecified atom stereocenters. The van der Waals surface area contributed by atoms with Gasteiger partial charge >= 0.3 is 0 Å². The molecule has 0 saturated heterocycles. The first kappa shape index (κ1) is 16.5. The first-order valence-corrected chi connectivity index (χ1v) is 8.54. The minimum atomic E-state index is -0.254. The number of hydrogen-bond donors (Lipinski definition) is 1. The number of hydrogen-bond acceptors (Lipinski definition) is 4. The van der Waals surface area contributed by atoms with Gasteiger partial charge in [-0.15, -0.1) is 11.3 Å². The Morgan fingerprint density at radius 3 is 2.58 bits per heavy atom. The molecule has 4 nitrogen and oxygen atoms in total. The zero-order valence-electron chi connectivity index (χ0n) is 13.8. The molecular formula is C18H18FN3OS. The number of nitrogens with zero attached hydrogens (tertiary/aromatic N) is 2. The van der Waals surface area contributed by atoms with Crippen molar-refractivity contribution >= 4 is 27.5 Å². The number of carbonyl (C=O) groups is 1. The average molecular weight is 343 g/mol. The molecule has 0 atom stereocenters. The molecule has 0 spiro atoms. The first-order chi connectivity index (χ1) is 11.5. The molecule has 0 fully saturated rings. The van der Waals surface area contributed by atoms with Crippen molar-refractivity contribution in [3.63, 3.8) is 0 Å². The minimum Gasteiger partial charge on any atom is -0.351 e. The van der Waals surface area contributed by atoms with Crippen LogP contribution < -0.4 is 5.32 Å². The van der Waals surface area contributed by atoms with E-state index in [9.17, 15) is 9.18 Å². The van der Waals surface area contributed by atoms with Gasteiger partial charge in [0.05, 0.1) is 4.88 Å². The van der Waals surface area contributed by atoms with Crippen LogP contribution in [0.3, 0.4) is 0 Å². The molecule has 124 valence electrons. The van der Waals surface area contributed by atoms with Crippen LogP contribution >= 0.6 is 11.3 Å². The molecule has 2 heterocycles. The molecule has 0 bridgehead atoms. The number of fused-ring (bicyclic) bond motifs is 1. The smallest absolute Gasteiger partial charge is 0.261 e. The molecule has 1 aromatic carbocycles. The highest BCUT2D eigenvalue weighted by atomic mass is 32.1. The summed E-state index contributed by atoms with van der Waals surface area (Å²) in [7, 11) is 0. The molecular weight excluding hydrogens is 325 g/mol. The third kappa shape index (κ3) is 3.28. The van der Waals surface area contributed by atoms with Crippen LogP contribution in [0.15, 0.2) is 24.3 Å². The Hall–Kier alpha value is -2.34. The summed E-state index contributed by atoms with van der Waals surface area (Å²) in [6.07, 6.45) is 0.661. The predicted molar refractivity (Wildman–Crippen MR) is 94.1 cm³/mol. The quantitative estimate of drug-likeness (QED) is 0.785. The summed E-state index contributed by atoms with van der Waals surface area (Å²) in [6.45, 7) is 6.22. The van der Waals surface area contributed by atoms with Crippen LogP contribution in [-0.4, -0.2) is 22.4 Å². The van der Waals surface area contributed by atoms with E-state index in [4.69, 9.17) is 0 Å². The van der Waals surface area contributed by atoms with Crippen LogP contribution in [0.2, 0.25) is 0 Å². The van der Waals surface area contributed by atoms with Crippen molar-refractivity contribution in [3.05, 3.63) is 57.6 Å². The lowest BCUT2D eigenvalue weighted by Gasteiger charge is -2.05. The maximum Gasteiger partial charge on any atom is 0.261 e. The van der Waals surface area contributed by atoms with E-state index < -0.39 is 0 Å². The third-order valence-electron chi connectivity index (χ3n) is 3.90. The summed E-state index contributed by atoms with van der Waals surface area (Å²) in [6, 6.07) is 6.32. The molecule has 2 aromatic heterocycles. The zero-order chi connectivity index (χ0) is 17.3. The summed E-state index contributed by atoms with van der Waals surface area (Å²) in [5, 5.41) is 3.89. The van der Waals surface area contributed by atoms with Gasteiger partial charge in [-0.05, 0) is 50.5 Å². The molecule has 3 rings (SSSR count). The van der Waals surface area contributed by atoms with Gasteiger partial charge in [-0.2, -0.15) is 0 Å². The van der Waals surface area contributed by atoms with Crippen molar-refractivity contribution in [1.29, 1.82) is 0 Å². The Bertz CT molecular complexity index is 903. The van der Waals surface area contributed by atoms with Crippen molar-refractivity contribution in [2.45, 2.75) is 27.2 Å². The fourth-order valence-corrected chi connectivity index (χ4v) is 3.94. The van der Waals surface area contributed by atoms with Gasteiger partial charge in [0.1, 0.15) is 16.5 Å². The standard InChI is InChI=1S/C18H18FN3OS/c1-10-15-11(2)21-12(3)22-18(15)24-16(10)17(23)20-9-8-13-4-6-14(19)7-5-13/h4-7H,8-9H2,1-3H3,(H,20,23). The van der Waals surface area contributed by atoms with E-state index in [1.807, 2.05) is 20.8 Å². The van der Waals surface area contributed by atoms with Gasteiger partial charge in [0.25, 0.3) is 5.91 Å². The average Bonchev–Trinajstić information content (AvgIpc) is 2.86.